The van der Waals surface area contributed by atoms with Crippen molar-refractivity contribution in [3.05, 3.63) is 59.4 Å². The van der Waals surface area contributed by atoms with E-state index in [1.165, 1.54) is 5.56 Å². The Labute approximate surface area is 165 Å². The van der Waals surface area contributed by atoms with Crippen LogP contribution in [0.2, 0.25) is 0 Å². The highest BCUT2D eigenvalue weighted by atomic mass is 16.2. The Balaban J connectivity index is 1.48. The maximum Gasteiger partial charge on any atom is 0.254 e. The Morgan fingerprint density at radius 3 is 2.57 bits per heavy atom. The molecule has 0 N–H and O–H groups in total. The summed E-state index contributed by atoms with van der Waals surface area (Å²) in [6.07, 6.45) is 2.77. The molecule has 6 nitrogen and oxygen atoms in total. The van der Waals surface area contributed by atoms with Crippen LogP contribution < -0.4 is 0 Å². The summed E-state index contributed by atoms with van der Waals surface area (Å²) in [6, 6.07) is 12.4. The lowest BCUT2D eigenvalue weighted by atomic mass is 10.1. The van der Waals surface area contributed by atoms with E-state index < -0.39 is 0 Å². The molecule has 0 spiro atoms. The van der Waals surface area contributed by atoms with Gasteiger partial charge in [0.25, 0.3) is 5.91 Å². The van der Waals surface area contributed by atoms with Crippen molar-refractivity contribution in [1.29, 1.82) is 0 Å². The number of fused-ring (bicyclic) bond motifs is 1. The van der Waals surface area contributed by atoms with Crippen LogP contribution in [-0.2, 0) is 13.1 Å². The van der Waals surface area contributed by atoms with Crippen LogP contribution in [0.25, 0.3) is 11.0 Å². The van der Waals surface area contributed by atoms with Crippen LogP contribution in [0.5, 0.6) is 0 Å². The normalized spacial score (nSPS) is 15.3. The van der Waals surface area contributed by atoms with E-state index in [1.54, 1.807) is 6.20 Å². The number of nitrogens with zero attached hydrogens (tertiary/aromatic N) is 5. The lowest BCUT2D eigenvalue weighted by molar-refractivity contribution is 0.0630. The van der Waals surface area contributed by atoms with Crippen molar-refractivity contribution in [1.82, 2.24) is 24.6 Å². The van der Waals surface area contributed by atoms with Crippen molar-refractivity contribution >= 4 is 16.9 Å². The van der Waals surface area contributed by atoms with Gasteiger partial charge in [0.05, 0.1) is 17.1 Å². The summed E-state index contributed by atoms with van der Waals surface area (Å²) in [6.45, 7) is 9.08. The molecule has 0 unspecified atom stereocenters. The number of aryl methyl sites for hydroxylation is 2. The van der Waals surface area contributed by atoms with Crippen molar-refractivity contribution in [2.75, 3.05) is 26.2 Å². The summed E-state index contributed by atoms with van der Waals surface area (Å²) in [5.41, 5.74) is 3.71. The molecule has 0 atom stereocenters. The van der Waals surface area contributed by atoms with Gasteiger partial charge < -0.3 is 4.90 Å². The second-order valence-electron chi connectivity index (χ2n) is 7.47. The minimum Gasteiger partial charge on any atom is -0.336 e. The topological polar surface area (TPSA) is 54.3 Å². The Morgan fingerprint density at radius 1 is 1.11 bits per heavy atom. The van der Waals surface area contributed by atoms with Gasteiger partial charge in [0, 0.05) is 45.0 Å². The highest BCUT2D eigenvalue weighted by molar-refractivity contribution is 6.05. The molecule has 1 saturated heterocycles. The SMILES string of the molecule is CCCn1ncc2c(C(=O)N3CCN(Cc4ccccc4)CC3)cc(C)nc21. The molecule has 0 bridgehead atoms. The molecule has 1 aliphatic rings. The molecule has 0 radical (unpaired) electrons. The molecule has 0 saturated carbocycles. The largest absolute Gasteiger partial charge is 0.336 e. The standard InChI is InChI=1S/C22H27N5O/c1-3-9-27-21-20(15-23-27)19(14-17(2)24-21)22(28)26-12-10-25(11-13-26)16-18-7-5-4-6-8-18/h4-8,14-15H,3,9-13,16H2,1-2H3. The summed E-state index contributed by atoms with van der Waals surface area (Å²) >= 11 is 0. The third-order valence-electron chi connectivity index (χ3n) is 5.31. The first-order chi connectivity index (χ1) is 13.7. The first-order valence-corrected chi connectivity index (χ1v) is 10.0. The molecule has 1 amide bonds. The number of rotatable bonds is 5. The van der Waals surface area contributed by atoms with E-state index in [-0.39, 0.29) is 5.91 Å². The number of pyridine rings is 1. The van der Waals surface area contributed by atoms with Crippen LogP contribution in [0.3, 0.4) is 0 Å². The fourth-order valence-electron chi connectivity index (χ4n) is 3.85. The predicted molar refractivity (Wildman–Crippen MR) is 110 cm³/mol. The monoisotopic (exact) mass is 377 g/mol. The van der Waals surface area contributed by atoms with Gasteiger partial charge in [0.2, 0.25) is 0 Å². The van der Waals surface area contributed by atoms with Crippen LogP contribution in [0.4, 0.5) is 0 Å². The van der Waals surface area contributed by atoms with Gasteiger partial charge in [-0.2, -0.15) is 5.10 Å². The average Bonchev–Trinajstić information content (AvgIpc) is 3.11. The Kier molecular flexibility index (Phi) is 5.39. The van der Waals surface area contributed by atoms with Crippen molar-refractivity contribution in [2.45, 2.75) is 33.4 Å². The summed E-state index contributed by atoms with van der Waals surface area (Å²) in [7, 11) is 0. The first kappa shape index (κ1) is 18.6. The third kappa shape index (κ3) is 3.78. The molecule has 2 aromatic heterocycles. The van der Waals surface area contributed by atoms with Crippen LogP contribution in [-0.4, -0.2) is 56.7 Å². The summed E-state index contributed by atoms with van der Waals surface area (Å²) in [4.78, 5) is 22.2. The third-order valence-corrected chi connectivity index (χ3v) is 5.31. The highest BCUT2D eigenvalue weighted by Crippen LogP contribution is 2.21. The zero-order valence-electron chi connectivity index (χ0n) is 16.6. The Hall–Kier alpha value is -2.73. The number of piperazine rings is 1. The molecule has 1 aliphatic heterocycles. The van der Waals surface area contributed by atoms with E-state index in [0.717, 1.165) is 68.0 Å². The second kappa shape index (κ2) is 8.10. The molecule has 3 aromatic rings. The van der Waals surface area contributed by atoms with E-state index in [0.29, 0.717) is 0 Å². The van der Waals surface area contributed by atoms with E-state index in [1.807, 2.05) is 28.6 Å². The molecule has 1 fully saturated rings. The summed E-state index contributed by atoms with van der Waals surface area (Å²) < 4.78 is 1.90. The van der Waals surface area contributed by atoms with Gasteiger partial charge >= 0.3 is 0 Å². The van der Waals surface area contributed by atoms with Gasteiger partial charge in [-0.25, -0.2) is 9.67 Å². The molecular weight excluding hydrogens is 350 g/mol. The molecule has 0 aliphatic carbocycles. The molecule has 6 heteroatoms. The fraction of sp³-hybridized carbons (Fsp3) is 0.409. The van der Waals surface area contributed by atoms with E-state index in [4.69, 9.17) is 0 Å². The van der Waals surface area contributed by atoms with E-state index in [2.05, 4.69) is 46.2 Å². The summed E-state index contributed by atoms with van der Waals surface area (Å²) in [5, 5.41) is 5.31. The summed E-state index contributed by atoms with van der Waals surface area (Å²) in [5.74, 6) is 0.0888. The predicted octanol–water partition coefficient (Wildman–Crippen LogP) is 3.11. The van der Waals surface area contributed by atoms with Crippen LogP contribution in [0.1, 0.15) is 35.0 Å². The van der Waals surface area contributed by atoms with Crippen LogP contribution >= 0.6 is 0 Å². The zero-order chi connectivity index (χ0) is 19.5. The number of hydrogen-bond acceptors (Lipinski definition) is 4. The van der Waals surface area contributed by atoms with E-state index >= 15 is 0 Å². The molecule has 1 aromatic carbocycles. The minimum atomic E-state index is 0.0888. The maximum atomic E-state index is 13.2. The Bertz CT molecular complexity index is 958. The fourth-order valence-corrected chi connectivity index (χ4v) is 3.85. The number of carbonyl (C=O) groups is 1. The van der Waals surface area contributed by atoms with Gasteiger partial charge in [0.15, 0.2) is 5.65 Å². The molecule has 3 heterocycles. The van der Waals surface area contributed by atoms with Crippen molar-refractivity contribution < 1.29 is 4.79 Å². The van der Waals surface area contributed by atoms with Gasteiger partial charge in [-0.3, -0.25) is 9.69 Å². The number of aromatic nitrogens is 3. The van der Waals surface area contributed by atoms with Crippen molar-refractivity contribution in [3.8, 4) is 0 Å². The Morgan fingerprint density at radius 2 is 1.86 bits per heavy atom. The molecule has 4 rings (SSSR count). The lowest BCUT2D eigenvalue weighted by Crippen LogP contribution is -2.48. The minimum absolute atomic E-state index is 0.0888. The number of carbonyl (C=O) groups excluding carboxylic acids is 1. The van der Waals surface area contributed by atoms with Crippen molar-refractivity contribution in [2.24, 2.45) is 0 Å². The smallest absolute Gasteiger partial charge is 0.254 e. The second-order valence-corrected chi connectivity index (χ2v) is 7.47. The zero-order valence-corrected chi connectivity index (χ0v) is 16.6. The maximum absolute atomic E-state index is 13.2. The quantitative estimate of drug-likeness (QED) is 0.686. The molecule has 146 valence electrons. The molecule has 28 heavy (non-hydrogen) atoms. The van der Waals surface area contributed by atoms with Crippen LogP contribution in [0, 0.1) is 6.92 Å². The van der Waals surface area contributed by atoms with Gasteiger partial charge in [-0.1, -0.05) is 37.3 Å². The van der Waals surface area contributed by atoms with Gasteiger partial charge in [-0.15, -0.1) is 0 Å². The average molecular weight is 377 g/mol. The lowest BCUT2D eigenvalue weighted by Gasteiger charge is -2.35. The highest BCUT2D eigenvalue weighted by Gasteiger charge is 2.25. The van der Waals surface area contributed by atoms with Crippen LogP contribution in [0.15, 0.2) is 42.6 Å². The van der Waals surface area contributed by atoms with E-state index in [9.17, 15) is 4.79 Å². The van der Waals surface area contributed by atoms with Crippen molar-refractivity contribution in [3.63, 3.8) is 0 Å². The van der Waals surface area contributed by atoms with Gasteiger partial charge in [-0.05, 0) is 25.0 Å². The number of amides is 1. The number of hydrogen-bond donors (Lipinski definition) is 0. The number of benzene rings is 1. The molecular formula is C22H27N5O. The first-order valence-electron chi connectivity index (χ1n) is 10.0. The van der Waals surface area contributed by atoms with Gasteiger partial charge in [0.1, 0.15) is 0 Å².